The molecule has 2 atom stereocenters. The Hall–Kier alpha value is -3.40. The summed E-state index contributed by atoms with van der Waals surface area (Å²) in [6, 6.07) is 12.3. The number of nitrogen functional groups attached to an aromatic ring is 1. The van der Waals surface area contributed by atoms with Gasteiger partial charge in [0, 0.05) is 56.5 Å². The van der Waals surface area contributed by atoms with E-state index in [1.54, 1.807) is 13.3 Å². The molecule has 1 saturated heterocycles. The largest absolute Gasteiger partial charge is 0.496 e. The monoisotopic (exact) mass is 511 g/mol. The molecule has 1 aliphatic heterocycles. The summed E-state index contributed by atoms with van der Waals surface area (Å²) in [5.41, 5.74) is 8.11. The summed E-state index contributed by atoms with van der Waals surface area (Å²) < 4.78 is 11.0. The Bertz CT molecular complexity index is 1250. The molecule has 2 heterocycles. The number of benzene rings is 2. The van der Waals surface area contributed by atoms with Gasteiger partial charge in [-0.1, -0.05) is 17.7 Å². The molecule has 0 unspecified atom stereocenters. The lowest BCUT2D eigenvalue weighted by molar-refractivity contribution is -0.116. The average molecular weight is 512 g/mol. The van der Waals surface area contributed by atoms with E-state index >= 15 is 0 Å². The second kappa shape index (κ2) is 11.6. The van der Waals surface area contributed by atoms with Crippen molar-refractivity contribution >= 4 is 45.7 Å². The van der Waals surface area contributed by atoms with Gasteiger partial charge in [0.15, 0.2) is 0 Å². The SMILES string of the molecule is COc1cc(N)c(Cl)cc1C(=O)N[C@@H]1CCN(CCC(=O)Nc2ccc3ncccc3c2)C[C@@H]1OC. The Morgan fingerprint density at radius 2 is 2.06 bits per heavy atom. The standard InChI is InChI=1S/C26H30ClN5O4/c1-35-23-14-20(28)19(27)13-18(23)26(34)31-22-7-10-32(15-24(22)36-2)11-8-25(33)30-17-5-6-21-16(12-17)4-3-9-29-21/h3-6,9,12-14,22,24H,7-8,10-11,15,28H2,1-2H3,(H,30,33)(H,31,34)/t22-,24+/m1/s1. The van der Waals surface area contributed by atoms with Crippen molar-refractivity contribution in [3.63, 3.8) is 0 Å². The second-order valence-electron chi connectivity index (χ2n) is 8.73. The minimum Gasteiger partial charge on any atom is -0.496 e. The van der Waals surface area contributed by atoms with Crippen LogP contribution in [0.2, 0.25) is 5.02 Å². The molecule has 190 valence electrons. The number of carbonyl (C=O) groups excluding carboxylic acids is 2. The molecule has 0 saturated carbocycles. The first-order valence-corrected chi connectivity index (χ1v) is 12.1. The minimum atomic E-state index is -0.306. The smallest absolute Gasteiger partial charge is 0.255 e. The number of likely N-dealkylation sites (tertiary alicyclic amines) is 1. The van der Waals surface area contributed by atoms with E-state index in [0.717, 1.165) is 23.1 Å². The van der Waals surface area contributed by atoms with Crippen LogP contribution in [0.15, 0.2) is 48.7 Å². The maximum atomic E-state index is 13.0. The highest BCUT2D eigenvalue weighted by Gasteiger charge is 2.31. The maximum Gasteiger partial charge on any atom is 0.255 e. The molecule has 0 radical (unpaired) electrons. The van der Waals surface area contributed by atoms with Gasteiger partial charge in [0.25, 0.3) is 5.91 Å². The summed E-state index contributed by atoms with van der Waals surface area (Å²) in [5.74, 6) is -0.0105. The number of amides is 2. The van der Waals surface area contributed by atoms with Gasteiger partial charge >= 0.3 is 0 Å². The number of methoxy groups -OCH3 is 2. The lowest BCUT2D eigenvalue weighted by atomic mass is 10.0. The number of halogens is 1. The zero-order valence-corrected chi connectivity index (χ0v) is 21.0. The van der Waals surface area contributed by atoms with Crippen LogP contribution < -0.4 is 21.1 Å². The molecule has 1 aromatic heterocycles. The first kappa shape index (κ1) is 25.7. The van der Waals surface area contributed by atoms with Crippen LogP contribution in [0.5, 0.6) is 5.75 Å². The van der Waals surface area contributed by atoms with E-state index in [0.29, 0.717) is 42.9 Å². The Balaban J connectivity index is 1.30. The third kappa shape index (κ3) is 6.04. The Morgan fingerprint density at radius 1 is 1.22 bits per heavy atom. The number of hydrogen-bond acceptors (Lipinski definition) is 7. The van der Waals surface area contributed by atoms with Crippen LogP contribution in [-0.2, 0) is 9.53 Å². The highest BCUT2D eigenvalue weighted by molar-refractivity contribution is 6.33. The van der Waals surface area contributed by atoms with Gasteiger partial charge in [-0.25, -0.2) is 0 Å². The first-order chi connectivity index (χ1) is 17.4. The molecule has 0 bridgehead atoms. The number of pyridine rings is 1. The number of fused-ring (bicyclic) bond motifs is 1. The fourth-order valence-corrected chi connectivity index (χ4v) is 4.55. The lowest BCUT2D eigenvalue weighted by Crippen LogP contribution is -2.55. The normalized spacial score (nSPS) is 18.1. The Labute approximate surface area is 214 Å². The molecule has 0 spiro atoms. The summed E-state index contributed by atoms with van der Waals surface area (Å²) >= 11 is 6.11. The van der Waals surface area contributed by atoms with E-state index in [1.807, 2.05) is 30.3 Å². The summed E-state index contributed by atoms with van der Waals surface area (Å²) in [6.45, 7) is 1.90. The van der Waals surface area contributed by atoms with Gasteiger partial charge < -0.3 is 30.7 Å². The van der Waals surface area contributed by atoms with Crippen molar-refractivity contribution in [2.45, 2.75) is 25.0 Å². The zero-order chi connectivity index (χ0) is 25.7. The van der Waals surface area contributed by atoms with Crippen molar-refractivity contribution in [3.05, 3.63) is 59.2 Å². The van der Waals surface area contributed by atoms with Crippen LogP contribution in [-0.4, -0.2) is 67.7 Å². The average Bonchev–Trinajstić information content (AvgIpc) is 2.89. The molecule has 1 fully saturated rings. The predicted octanol–water partition coefficient (Wildman–Crippen LogP) is 3.33. The van der Waals surface area contributed by atoms with Crippen LogP contribution in [0.25, 0.3) is 10.9 Å². The molecule has 9 nitrogen and oxygen atoms in total. The number of rotatable bonds is 8. The third-order valence-corrected chi connectivity index (χ3v) is 6.70. The quantitative estimate of drug-likeness (QED) is 0.397. The van der Waals surface area contributed by atoms with E-state index in [9.17, 15) is 9.59 Å². The van der Waals surface area contributed by atoms with Crippen LogP contribution >= 0.6 is 11.6 Å². The fourth-order valence-electron chi connectivity index (χ4n) is 4.39. The summed E-state index contributed by atoms with van der Waals surface area (Å²) in [5, 5.41) is 7.26. The molecule has 1 aliphatic rings. The van der Waals surface area contributed by atoms with E-state index in [2.05, 4.69) is 20.5 Å². The van der Waals surface area contributed by atoms with Crippen molar-refractivity contribution < 1.29 is 19.1 Å². The number of anilines is 2. The zero-order valence-electron chi connectivity index (χ0n) is 20.3. The maximum absolute atomic E-state index is 13.0. The van der Waals surface area contributed by atoms with Crippen LogP contribution in [0, 0.1) is 0 Å². The lowest BCUT2D eigenvalue weighted by Gasteiger charge is -2.38. The number of ether oxygens (including phenoxy) is 2. The molecule has 10 heteroatoms. The third-order valence-electron chi connectivity index (χ3n) is 6.37. The Morgan fingerprint density at radius 3 is 2.83 bits per heavy atom. The summed E-state index contributed by atoms with van der Waals surface area (Å²) in [7, 11) is 3.10. The van der Waals surface area contributed by atoms with Gasteiger partial charge in [0.1, 0.15) is 5.75 Å². The number of hydrogen-bond donors (Lipinski definition) is 3. The number of nitrogens with one attached hydrogen (secondary N) is 2. The van der Waals surface area contributed by atoms with Crippen molar-refractivity contribution in [2.75, 3.05) is 44.9 Å². The van der Waals surface area contributed by atoms with Crippen molar-refractivity contribution in [2.24, 2.45) is 0 Å². The van der Waals surface area contributed by atoms with Gasteiger partial charge in [0.05, 0.1) is 41.0 Å². The van der Waals surface area contributed by atoms with E-state index < -0.39 is 0 Å². The van der Waals surface area contributed by atoms with Gasteiger partial charge in [-0.15, -0.1) is 0 Å². The van der Waals surface area contributed by atoms with Crippen LogP contribution in [0.1, 0.15) is 23.2 Å². The van der Waals surface area contributed by atoms with Gasteiger partial charge in [-0.2, -0.15) is 0 Å². The molecule has 2 amide bonds. The summed E-state index contributed by atoms with van der Waals surface area (Å²) in [4.78, 5) is 32.0. The van der Waals surface area contributed by atoms with Crippen LogP contribution in [0.4, 0.5) is 11.4 Å². The van der Waals surface area contributed by atoms with E-state index in [1.165, 1.54) is 19.2 Å². The summed E-state index contributed by atoms with van der Waals surface area (Å²) in [6.07, 6.45) is 2.54. The van der Waals surface area contributed by atoms with Crippen molar-refractivity contribution in [1.29, 1.82) is 0 Å². The second-order valence-corrected chi connectivity index (χ2v) is 9.13. The Kier molecular flexibility index (Phi) is 8.25. The number of carbonyl (C=O) groups is 2. The fraction of sp³-hybridized carbons (Fsp3) is 0.346. The predicted molar refractivity (Wildman–Crippen MR) is 141 cm³/mol. The first-order valence-electron chi connectivity index (χ1n) is 11.7. The number of nitrogens with zero attached hydrogens (tertiary/aromatic N) is 2. The molecule has 4 N–H and O–H groups in total. The molecule has 36 heavy (non-hydrogen) atoms. The van der Waals surface area contributed by atoms with Crippen molar-refractivity contribution in [3.8, 4) is 5.75 Å². The minimum absolute atomic E-state index is 0.0602. The van der Waals surface area contributed by atoms with E-state index in [4.69, 9.17) is 26.8 Å². The highest BCUT2D eigenvalue weighted by Crippen LogP contribution is 2.29. The number of nitrogens with two attached hydrogens (primary N) is 1. The molecule has 2 aromatic carbocycles. The molecule has 3 aromatic rings. The van der Waals surface area contributed by atoms with E-state index in [-0.39, 0.29) is 29.0 Å². The molecular formula is C26H30ClN5O4. The number of aromatic nitrogens is 1. The molecule has 4 rings (SSSR count). The van der Waals surface area contributed by atoms with Gasteiger partial charge in [0.2, 0.25) is 5.91 Å². The molecular weight excluding hydrogens is 482 g/mol. The van der Waals surface area contributed by atoms with Crippen LogP contribution in [0.3, 0.4) is 0 Å². The highest BCUT2D eigenvalue weighted by atomic mass is 35.5. The number of piperidine rings is 1. The molecule has 0 aliphatic carbocycles. The van der Waals surface area contributed by atoms with Gasteiger partial charge in [-0.3, -0.25) is 14.6 Å². The van der Waals surface area contributed by atoms with Crippen molar-refractivity contribution in [1.82, 2.24) is 15.2 Å². The van der Waals surface area contributed by atoms with Gasteiger partial charge in [-0.05, 0) is 36.8 Å². The topological polar surface area (TPSA) is 119 Å².